The van der Waals surface area contributed by atoms with E-state index in [-0.39, 0.29) is 28.5 Å². The summed E-state index contributed by atoms with van der Waals surface area (Å²) in [6.07, 6.45) is 1.48. The summed E-state index contributed by atoms with van der Waals surface area (Å²) in [7, 11) is 1.33. The molecule has 0 fully saturated rings. The van der Waals surface area contributed by atoms with E-state index in [4.69, 9.17) is 4.74 Å². The number of alkyl halides is 2. The minimum Gasteiger partial charge on any atom is -0.493 e. The molecule has 0 saturated carbocycles. The van der Waals surface area contributed by atoms with Crippen molar-refractivity contribution in [2.75, 3.05) is 7.11 Å². The number of aromatic nitrogens is 1. The minimum atomic E-state index is -3.00. The average molecular weight is 279 g/mol. The predicted octanol–water partition coefficient (Wildman–Crippen LogP) is 2.92. The van der Waals surface area contributed by atoms with Crippen LogP contribution in [0.4, 0.5) is 8.78 Å². The van der Waals surface area contributed by atoms with Crippen LogP contribution in [0.3, 0.4) is 0 Å². The molecule has 0 bridgehead atoms. The molecule has 0 atom stereocenters. The van der Waals surface area contributed by atoms with Crippen LogP contribution in [0.2, 0.25) is 0 Å². The molecular formula is C14H11F2NO3. The molecule has 2 aromatic rings. The van der Waals surface area contributed by atoms with Gasteiger partial charge in [0.25, 0.3) is 0 Å². The maximum absolute atomic E-state index is 12.3. The van der Waals surface area contributed by atoms with E-state index >= 15 is 0 Å². The van der Waals surface area contributed by atoms with Gasteiger partial charge in [0.15, 0.2) is 11.5 Å². The largest absolute Gasteiger partial charge is 0.493 e. The molecule has 1 heterocycles. The third kappa shape index (κ3) is 3.09. The van der Waals surface area contributed by atoms with E-state index in [9.17, 15) is 13.6 Å². The lowest BCUT2D eigenvalue weighted by molar-refractivity contribution is -0.0512. The zero-order valence-electron chi connectivity index (χ0n) is 10.5. The summed E-state index contributed by atoms with van der Waals surface area (Å²) in [6, 6.07) is 8.96. The third-order valence-electron chi connectivity index (χ3n) is 2.54. The van der Waals surface area contributed by atoms with Gasteiger partial charge in [-0.2, -0.15) is 8.78 Å². The number of carbonyl (C=O) groups is 1. The number of rotatable bonds is 5. The molecule has 6 heteroatoms. The van der Waals surface area contributed by atoms with Gasteiger partial charge in [-0.25, -0.2) is 0 Å². The van der Waals surface area contributed by atoms with Crippen molar-refractivity contribution < 1.29 is 23.0 Å². The van der Waals surface area contributed by atoms with Gasteiger partial charge in [0.05, 0.1) is 7.11 Å². The van der Waals surface area contributed by atoms with E-state index in [0.717, 1.165) is 0 Å². The number of methoxy groups -OCH3 is 1. The van der Waals surface area contributed by atoms with E-state index in [1.807, 2.05) is 0 Å². The predicted molar refractivity (Wildman–Crippen MR) is 67.3 cm³/mol. The van der Waals surface area contributed by atoms with Crippen molar-refractivity contribution in [1.29, 1.82) is 0 Å². The van der Waals surface area contributed by atoms with Crippen LogP contribution in [-0.2, 0) is 0 Å². The fraction of sp³-hybridized carbons (Fsp3) is 0.143. The SMILES string of the molecule is COc1ccc(C(=O)c2ccccn2)cc1OC(F)F. The molecule has 0 unspecified atom stereocenters. The third-order valence-corrected chi connectivity index (χ3v) is 2.54. The fourth-order valence-electron chi connectivity index (χ4n) is 1.65. The molecule has 20 heavy (non-hydrogen) atoms. The molecule has 0 spiro atoms. The summed E-state index contributed by atoms with van der Waals surface area (Å²) >= 11 is 0. The van der Waals surface area contributed by atoms with Crippen LogP contribution in [0.25, 0.3) is 0 Å². The summed E-state index contributed by atoms with van der Waals surface area (Å²) in [5, 5.41) is 0. The van der Waals surface area contributed by atoms with Gasteiger partial charge in [-0.15, -0.1) is 0 Å². The lowest BCUT2D eigenvalue weighted by Crippen LogP contribution is -2.07. The van der Waals surface area contributed by atoms with Crippen LogP contribution < -0.4 is 9.47 Å². The Morgan fingerprint density at radius 3 is 2.60 bits per heavy atom. The maximum atomic E-state index is 12.3. The number of hydrogen-bond donors (Lipinski definition) is 0. The van der Waals surface area contributed by atoms with Crippen LogP contribution in [0.5, 0.6) is 11.5 Å². The second-order valence-electron chi connectivity index (χ2n) is 3.79. The molecule has 0 radical (unpaired) electrons. The molecule has 2 rings (SSSR count). The number of ether oxygens (including phenoxy) is 2. The van der Waals surface area contributed by atoms with Crippen LogP contribution in [0.15, 0.2) is 42.6 Å². The normalized spacial score (nSPS) is 10.4. The molecule has 0 aliphatic rings. The van der Waals surface area contributed by atoms with Crippen LogP contribution in [0, 0.1) is 0 Å². The topological polar surface area (TPSA) is 48.4 Å². The Morgan fingerprint density at radius 1 is 1.20 bits per heavy atom. The summed E-state index contributed by atoms with van der Waals surface area (Å²) in [5.74, 6) is -0.445. The highest BCUT2D eigenvalue weighted by atomic mass is 19.3. The minimum absolute atomic E-state index is 0.128. The second-order valence-corrected chi connectivity index (χ2v) is 3.79. The zero-order chi connectivity index (χ0) is 14.5. The van der Waals surface area contributed by atoms with Crippen molar-refractivity contribution in [3.05, 3.63) is 53.9 Å². The van der Waals surface area contributed by atoms with Gasteiger partial charge < -0.3 is 9.47 Å². The van der Waals surface area contributed by atoms with Gasteiger partial charge >= 0.3 is 6.61 Å². The van der Waals surface area contributed by atoms with Crippen molar-refractivity contribution in [2.24, 2.45) is 0 Å². The first kappa shape index (κ1) is 13.9. The maximum Gasteiger partial charge on any atom is 0.387 e. The molecule has 1 aromatic heterocycles. The van der Waals surface area contributed by atoms with Gasteiger partial charge in [0.1, 0.15) is 5.69 Å². The van der Waals surface area contributed by atoms with E-state index in [0.29, 0.717) is 0 Å². The highest BCUT2D eigenvalue weighted by molar-refractivity contribution is 6.08. The quantitative estimate of drug-likeness (QED) is 0.790. The summed E-state index contributed by atoms with van der Waals surface area (Å²) in [5.41, 5.74) is 0.417. The lowest BCUT2D eigenvalue weighted by atomic mass is 10.1. The number of nitrogens with zero attached hydrogens (tertiary/aromatic N) is 1. The van der Waals surface area contributed by atoms with Crippen molar-refractivity contribution in [2.45, 2.75) is 6.61 Å². The Kier molecular flexibility index (Phi) is 4.24. The monoisotopic (exact) mass is 279 g/mol. The van der Waals surface area contributed by atoms with Gasteiger partial charge in [-0.1, -0.05) is 6.07 Å². The summed E-state index contributed by atoms with van der Waals surface area (Å²) in [4.78, 5) is 16.1. The highest BCUT2D eigenvalue weighted by Crippen LogP contribution is 2.30. The number of benzene rings is 1. The van der Waals surface area contributed by atoms with E-state index < -0.39 is 6.61 Å². The Bertz CT molecular complexity index is 603. The second kappa shape index (κ2) is 6.10. The number of ketones is 1. The Labute approximate surface area is 114 Å². The van der Waals surface area contributed by atoms with E-state index in [2.05, 4.69) is 9.72 Å². The van der Waals surface area contributed by atoms with E-state index in [1.54, 1.807) is 18.2 Å². The Balaban J connectivity index is 2.35. The first-order chi connectivity index (χ1) is 9.61. The molecule has 0 saturated heterocycles. The Hall–Kier alpha value is -2.50. The number of pyridine rings is 1. The molecule has 0 N–H and O–H groups in total. The standard InChI is InChI=1S/C14H11F2NO3/c1-19-11-6-5-9(8-12(11)20-14(15)16)13(18)10-4-2-3-7-17-10/h2-8,14H,1H3. The zero-order valence-corrected chi connectivity index (χ0v) is 10.5. The number of hydrogen-bond acceptors (Lipinski definition) is 4. The first-order valence-corrected chi connectivity index (χ1v) is 5.70. The molecule has 1 aromatic carbocycles. The molecular weight excluding hydrogens is 268 g/mol. The van der Waals surface area contributed by atoms with Crippen molar-refractivity contribution in [3.8, 4) is 11.5 Å². The van der Waals surface area contributed by atoms with Gasteiger partial charge in [0, 0.05) is 11.8 Å². The summed E-state index contributed by atoms with van der Waals surface area (Å²) < 4.78 is 33.9. The van der Waals surface area contributed by atoms with Crippen LogP contribution in [-0.4, -0.2) is 24.5 Å². The number of carbonyl (C=O) groups excluding carboxylic acids is 1. The molecule has 0 amide bonds. The smallest absolute Gasteiger partial charge is 0.387 e. The fourth-order valence-corrected chi connectivity index (χ4v) is 1.65. The van der Waals surface area contributed by atoms with Crippen LogP contribution >= 0.6 is 0 Å². The molecule has 0 aliphatic carbocycles. The van der Waals surface area contributed by atoms with Crippen molar-refractivity contribution in [1.82, 2.24) is 4.98 Å². The van der Waals surface area contributed by atoms with Gasteiger partial charge in [0.2, 0.25) is 5.78 Å². The molecule has 104 valence electrons. The van der Waals surface area contributed by atoms with Gasteiger partial charge in [-0.3, -0.25) is 9.78 Å². The first-order valence-electron chi connectivity index (χ1n) is 5.70. The van der Waals surface area contributed by atoms with Gasteiger partial charge in [-0.05, 0) is 30.3 Å². The lowest BCUT2D eigenvalue weighted by Gasteiger charge is -2.11. The van der Waals surface area contributed by atoms with Crippen molar-refractivity contribution in [3.63, 3.8) is 0 Å². The van der Waals surface area contributed by atoms with Crippen molar-refractivity contribution >= 4 is 5.78 Å². The Morgan fingerprint density at radius 2 is 2.00 bits per heavy atom. The average Bonchev–Trinajstić information content (AvgIpc) is 2.46. The van der Waals surface area contributed by atoms with Crippen LogP contribution in [0.1, 0.15) is 16.1 Å². The summed E-state index contributed by atoms with van der Waals surface area (Å²) in [6.45, 7) is -3.00. The highest BCUT2D eigenvalue weighted by Gasteiger charge is 2.16. The molecule has 4 nitrogen and oxygen atoms in total. The van der Waals surface area contributed by atoms with E-state index in [1.165, 1.54) is 31.5 Å². The number of halogens is 2. The molecule has 0 aliphatic heterocycles.